The van der Waals surface area contributed by atoms with Gasteiger partial charge >= 0.3 is 5.69 Å². The summed E-state index contributed by atoms with van der Waals surface area (Å²) in [6, 6.07) is 3.54. The Morgan fingerprint density at radius 1 is 1.35 bits per heavy atom. The smallest absolute Gasteiger partial charge is 0.304 e. The van der Waals surface area contributed by atoms with E-state index in [0.29, 0.717) is 5.69 Å². The van der Waals surface area contributed by atoms with Crippen molar-refractivity contribution in [2.75, 3.05) is 11.9 Å². The summed E-state index contributed by atoms with van der Waals surface area (Å²) in [6.07, 6.45) is 4.95. The number of carbonyl (C=O) groups excluding carboxylic acids is 1. The Bertz CT molecular complexity index is 527. The van der Waals surface area contributed by atoms with Crippen LogP contribution in [0.1, 0.15) is 32.1 Å². The van der Waals surface area contributed by atoms with Crippen molar-refractivity contribution in [2.45, 2.75) is 32.1 Å². The lowest BCUT2D eigenvalue weighted by Crippen LogP contribution is -2.34. The molecule has 1 aliphatic carbocycles. The van der Waals surface area contributed by atoms with Gasteiger partial charge < -0.3 is 4.90 Å². The predicted octanol–water partition coefficient (Wildman–Crippen LogP) is 3.28. The SMILES string of the molecule is CN(C(=O)C1CCCCC1)c1ccc([N+](=O)[O-])c(F)c1. The fraction of sp³-hybridized carbons (Fsp3) is 0.500. The average Bonchev–Trinajstić information content (AvgIpc) is 2.46. The highest BCUT2D eigenvalue weighted by atomic mass is 19.1. The van der Waals surface area contributed by atoms with Gasteiger partial charge in [-0.15, -0.1) is 0 Å². The van der Waals surface area contributed by atoms with Crippen LogP contribution < -0.4 is 4.90 Å². The lowest BCUT2D eigenvalue weighted by molar-refractivity contribution is -0.387. The Morgan fingerprint density at radius 3 is 2.55 bits per heavy atom. The molecule has 0 radical (unpaired) electrons. The lowest BCUT2D eigenvalue weighted by Gasteiger charge is -2.26. The average molecular weight is 280 g/mol. The molecule has 0 bridgehead atoms. The molecule has 2 rings (SSSR count). The number of nitro benzene ring substituents is 1. The Labute approximate surface area is 116 Å². The second-order valence-electron chi connectivity index (χ2n) is 5.13. The van der Waals surface area contributed by atoms with Crippen LogP contribution in [0, 0.1) is 21.8 Å². The maximum atomic E-state index is 13.6. The highest BCUT2D eigenvalue weighted by Crippen LogP contribution is 2.28. The molecule has 1 amide bonds. The van der Waals surface area contributed by atoms with E-state index in [1.54, 1.807) is 7.05 Å². The van der Waals surface area contributed by atoms with Crippen molar-refractivity contribution in [3.63, 3.8) is 0 Å². The van der Waals surface area contributed by atoms with Gasteiger partial charge in [-0.3, -0.25) is 14.9 Å². The Kier molecular flexibility index (Phi) is 4.32. The van der Waals surface area contributed by atoms with E-state index < -0.39 is 16.4 Å². The normalized spacial score (nSPS) is 15.9. The van der Waals surface area contributed by atoms with Gasteiger partial charge in [-0.25, -0.2) is 0 Å². The van der Waals surface area contributed by atoms with Crippen LogP contribution in [0.15, 0.2) is 18.2 Å². The molecule has 0 saturated heterocycles. The van der Waals surface area contributed by atoms with E-state index in [9.17, 15) is 19.3 Å². The van der Waals surface area contributed by atoms with Crippen LogP contribution >= 0.6 is 0 Å². The minimum atomic E-state index is -0.921. The molecule has 1 aromatic carbocycles. The molecule has 0 aliphatic heterocycles. The summed E-state index contributed by atoms with van der Waals surface area (Å²) in [5.41, 5.74) is -0.226. The molecule has 0 spiro atoms. The third kappa shape index (κ3) is 2.95. The Balaban J connectivity index is 2.16. The van der Waals surface area contributed by atoms with E-state index in [4.69, 9.17) is 0 Å². The number of hydrogen-bond acceptors (Lipinski definition) is 3. The summed E-state index contributed by atoms with van der Waals surface area (Å²) < 4.78 is 13.6. The number of nitrogens with zero attached hydrogens (tertiary/aromatic N) is 2. The molecule has 0 heterocycles. The zero-order chi connectivity index (χ0) is 14.7. The highest BCUT2D eigenvalue weighted by Gasteiger charge is 2.25. The first-order chi connectivity index (χ1) is 9.50. The number of anilines is 1. The zero-order valence-electron chi connectivity index (χ0n) is 11.3. The van der Waals surface area contributed by atoms with Gasteiger partial charge in [0.1, 0.15) is 0 Å². The van der Waals surface area contributed by atoms with Crippen LogP contribution in [0.25, 0.3) is 0 Å². The topological polar surface area (TPSA) is 63.5 Å². The Morgan fingerprint density at radius 2 is 2.00 bits per heavy atom. The first-order valence-electron chi connectivity index (χ1n) is 6.72. The zero-order valence-corrected chi connectivity index (χ0v) is 11.3. The molecule has 20 heavy (non-hydrogen) atoms. The van der Waals surface area contributed by atoms with Gasteiger partial charge in [-0.2, -0.15) is 4.39 Å². The molecule has 108 valence electrons. The van der Waals surface area contributed by atoms with Gasteiger partial charge in [0.2, 0.25) is 11.7 Å². The minimum Gasteiger partial charge on any atom is -0.315 e. The fourth-order valence-corrected chi connectivity index (χ4v) is 2.60. The summed E-state index contributed by atoms with van der Waals surface area (Å²) in [5, 5.41) is 10.6. The van der Waals surface area contributed by atoms with E-state index >= 15 is 0 Å². The predicted molar refractivity (Wildman–Crippen MR) is 73.0 cm³/mol. The van der Waals surface area contributed by atoms with Crippen molar-refractivity contribution in [3.8, 4) is 0 Å². The summed E-state index contributed by atoms with van der Waals surface area (Å²) >= 11 is 0. The molecule has 5 nitrogen and oxygen atoms in total. The Hall–Kier alpha value is -1.98. The summed E-state index contributed by atoms with van der Waals surface area (Å²) in [5.74, 6) is -0.985. The van der Waals surface area contributed by atoms with Crippen LogP contribution in [-0.2, 0) is 4.79 Å². The van der Waals surface area contributed by atoms with Crippen LogP contribution in [0.2, 0.25) is 0 Å². The van der Waals surface area contributed by atoms with Crippen molar-refractivity contribution in [2.24, 2.45) is 5.92 Å². The minimum absolute atomic E-state index is 0.0213. The van der Waals surface area contributed by atoms with Gasteiger partial charge in [0.15, 0.2) is 0 Å². The van der Waals surface area contributed by atoms with Crippen molar-refractivity contribution >= 4 is 17.3 Å². The quantitative estimate of drug-likeness (QED) is 0.630. The van der Waals surface area contributed by atoms with Crippen molar-refractivity contribution in [3.05, 3.63) is 34.1 Å². The van der Waals surface area contributed by atoms with Gasteiger partial charge in [0.05, 0.1) is 4.92 Å². The molecule has 0 atom stereocenters. The van der Waals surface area contributed by atoms with Crippen molar-refractivity contribution in [1.82, 2.24) is 0 Å². The van der Waals surface area contributed by atoms with Crippen LogP contribution in [0.5, 0.6) is 0 Å². The number of carbonyl (C=O) groups is 1. The molecular formula is C14H17FN2O3. The van der Waals surface area contributed by atoms with Gasteiger partial charge in [0.25, 0.3) is 0 Å². The highest BCUT2D eigenvalue weighted by molar-refractivity contribution is 5.94. The molecule has 0 N–H and O–H groups in total. The summed E-state index contributed by atoms with van der Waals surface area (Å²) in [6.45, 7) is 0. The molecule has 1 fully saturated rings. The first-order valence-corrected chi connectivity index (χ1v) is 6.72. The number of benzene rings is 1. The van der Waals surface area contributed by atoms with Crippen molar-refractivity contribution in [1.29, 1.82) is 0 Å². The first kappa shape index (κ1) is 14.4. The van der Waals surface area contributed by atoms with Crippen molar-refractivity contribution < 1.29 is 14.1 Å². The van der Waals surface area contributed by atoms with E-state index in [1.165, 1.54) is 11.0 Å². The van der Waals surface area contributed by atoms with Gasteiger partial charge in [-0.05, 0) is 18.9 Å². The third-order valence-corrected chi connectivity index (χ3v) is 3.80. The fourth-order valence-electron chi connectivity index (χ4n) is 2.60. The maximum Gasteiger partial charge on any atom is 0.304 e. The standard InChI is InChI=1S/C14H17FN2O3/c1-16(14(18)10-5-3-2-4-6-10)11-7-8-13(17(19)20)12(15)9-11/h7-10H,2-6H2,1H3. The molecular weight excluding hydrogens is 263 g/mol. The summed E-state index contributed by atoms with van der Waals surface area (Å²) in [7, 11) is 1.58. The van der Waals surface area contributed by atoms with Crippen LogP contribution in [0.3, 0.4) is 0 Å². The number of nitro groups is 1. The number of rotatable bonds is 3. The van der Waals surface area contributed by atoms with E-state index in [0.717, 1.165) is 44.2 Å². The largest absolute Gasteiger partial charge is 0.315 e. The lowest BCUT2D eigenvalue weighted by atomic mass is 9.88. The monoisotopic (exact) mass is 280 g/mol. The van der Waals surface area contributed by atoms with E-state index in [1.807, 2.05) is 0 Å². The number of amides is 1. The second-order valence-corrected chi connectivity index (χ2v) is 5.13. The molecule has 0 unspecified atom stereocenters. The van der Waals surface area contributed by atoms with Gasteiger partial charge in [-0.1, -0.05) is 19.3 Å². The van der Waals surface area contributed by atoms with Gasteiger partial charge in [0, 0.05) is 30.8 Å². The summed E-state index contributed by atoms with van der Waals surface area (Å²) in [4.78, 5) is 23.5. The molecule has 6 heteroatoms. The van der Waals surface area contributed by atoms with E-state index in [2.05, 4.69) is 0 Å². The number of halogens is 1. The van der Waals surface area contributed by atoms with Crippen LogP contribution in [0.4, 0.5) is 15.8 Å². The van der Waals surface area contributed by atoms with Crippen LogP contribution in [-0.4, -0.2) is 17.9 Å². The molecule has 1 saturated carbocycles. The molecule has 1 aromatic rings. The van der Waals surface area contributed by atoms with E-state index in [-0.39, 0.29) is 11.8 Å². The molecule has 0 aromatic heterocycles. The number of hydrogen-bond donors (Lipinski definition) is 0. The molecule has 1 aliphatic rings. The third-order valence-electron chi connectivity index (χ3n) is 3.80. The second kappa shape index (κ2) is 5.98. The maximum absolute atomic E-state index is 13.6.